The molecule has 1 amide bonds. The fraction of sp³-hybridized carbons (Fsp3) is 0.300. The van der Waals surface area contributed by atoms with Crippen LogP contribution in [0.5, 0.6) is 0 Å². The van der Waals surface area contributed by atoms with E-state index in [4.69, 9.17) is 0 Å². The van der Waals surface area contributed by atoms with Crippen LogP contribution >= 0.6 is 0 Å². The average molecular weight is 322 g/mol. The second-order valence-corrected chi connectivity index (χ2v) is 6.28. The zero-order chi connectivity index (χ0) is 17.0. The Bertz CT molecular complexity index is 704. The molecular weight excluding hydrogens is 302 g/mol. The Morgan fingerprint density at radius 2 is 1.46 bits per heavy atom. The van der Waals surface area contributed by atoms with Gasteiger partial charge in [-0.15, -0.1) is 0 Å². The first-order valence-corrected chi connectivity index (χ1v) is 8.20. The van der Waals surface area contributed by atoms with Crippen LogP contribution in [0, 0.1) is 0 Å². The molecule has 4 nitrogen and oxygen atoms in total. The first-order chi connectivity index (χ1) is 11.6. The maximum absolute atomic E-state index is 12.4. The lowest BCUT2D eigenvalue weighted by Gasteiger charge is -2.43. The van der Waals surface area contributed by atoms with Gasteiger partial charge in [0.1, 0.15) is 0 Å². The summed E-state index contributed by atoms with van der Waals surface area (Å²) in [5.74, 6) is -1.01. The van der Waals surface area contributed by atoms with Gasteiger partial charge in [-0.2, -0.15) is 0 Å². The Morgan fingerprint density at radius 1 is 0.917 bits per heavy atom. The van der Waals surface area contributed by atoms with Crippen molar-refractivity contribution < 1.29 is 14.7 Å². The van der Waals surface area contributed by atoms with Gasteiger partial charge in [-0.1, -0.05) is 60.7 Å². The molecule has 24 heavy (non-hydrogen) atoms. The Kier molecular flexibility index (Phi) is 4.65. The molecule has 0 radical (unpaired) electrons. The van der Waals surface area contributed by atoms with Gasteiger partial charge in [-0.25, -0.2) is 0 Å². The highest BCUT2D eigenvalue weighted by Crippen LogP contribution is 2.35. The highest BCUT2D eigenvalue weighted by atomic mass is 16.4. The van der Waals surface area contributed by atoms with Gasteiger partial charge in [-0.05, 0) is 24.0 Å². The van der Waals surface area contributed by atoms with Crippen molar-refractivity contribution >= 4 is 11.9 Å². The van der Waals surface area contributed by atoms with E-state index in [9.17, 15) is 14.7 Å². The van der Waals surface area contributed by atoms with E-state index in [0.29, 0.717) is 32.4 Å². The monoisotopic (exact) mass is 322 g/mol. The number of benzene rings is 2. The third-order valence-electron chi connectivity index (χ3n) is 4.88. The van der Waals surface area contributed by atoms with Crippen LogP contribution in [0.25, 0.3) is 0 Å². The number of hydrogen-bond acceptors (Lipinski definition) is 3. The maximum atomic E-state index is 12.4. The van der Waals surface area contributed by atoms with Gasteiger partial charge in [0.15, 0.2) is 0 Å². The number of aliphatic carboxylic acids is 1. The Morgan fingerprint density at radius 3 is 2.00 bits per heavy atom. The minimum absolute atomic E-state index is 0.0428. The lowest BCUT2D eigenvalue weighted by Crippen LogP contribution is -2.54. The van der Waals surface area contributed by atoms with Gasteiger partial charge in [0.05, 0.1) is 12.4 Å². The molecule has 2 aromatic carbocycles. The van der Waals surface area contributed by atoms with Crippen LogP contribution in [-0.2, 0) is 21.4 Å². The lowest BCUT2D eigenvalue weighted by atomic mass is 9.73. The van der Waals surface area contributed by atoms with E-state index in [2.05, 4.69) is 0 Å². The topological polar surface area (TPSA) is 60.4 Å². The van der Waals surface area contributed by atoms with Crippen molar-refractivity contribution in [3.63, 3.8) is 0 Å². The molecule has 4 heteroatoms. The summed E-state index contributed by atoms with van der Waals surface area (Å²) in [4.78, 5) is 26.0. The molecule has 2 aromatic rings. The molecule has 0 atom stereocenters. The standard InChI is InChI=1S/C20H21NO3/c22-18(15-16-7-3-1-4-8-16)21-13-11-20(12-14-21,19(23)24)17-9-5-2-6-10-17/h1-10H,11-15H2,(H,23,24)/p-1. The summed E-state index contributed by atoms with van der Waals surface area (Å²) in [7, 11) is 0. The third-order valence-corrected chi connectivity index (χ3v) is 4.88. The van der Waals surface area contributed by atoms with Crippen LogP contribution in [-0.4, -0.2) is 29.9 Å². The molecule has 0 N–H and O–H groups in total. The second kappa shape index (κ2) is 6.87. The van der Waals surface area contributed by atoms with Crippen LogP contribution in [0.2, 0.25) is 0 Å². The number of carboxylic acids is 1. The summed E-state index contributed by atoms with van der Waals surface area (Å²) in [5.41, 5.74) is 0.743. The van der Waals surface area contributed by atoms with Crippen LogP contribution < -0.4 is 5.11 Å². The summed E-state index contributed by atoms with van der Waals surface area (Å²) >= 11 is 0. The second-order valence-electron chi connectivity index (χ2n) is 6.28. The van der Waals surface area contributed by atoms with Crippen LogP contribution in [0.3, 0.4) is 0 Å². The molecule has 0 unspecified atom stereocenters. The molecule has 0 spiro atoms. The SMILES string of the molecule is O=C(Cc1ccccc1)N1CCC(C(=O)[O-])(c2ccccc2)CC1. The summed E-state index contributed by atoms with van der Waals surface area (Å²) < 4.78 is 0. The minimum atomic E-state index is -1.05. The molecule has 0 aromatic heterocycles. The zero-order valence-corrected chi connectivity index (χ0v) is 13.5. The largest absolute Gasteiger partial charge is 0.549 e. The van der Waals surface area contributed by atoms with Crippen molar-refractivity contribution in [2.75, 3.05) is 13.1 Å². The number of nitrogens with zero attached hydrogens (tertiary/aromatic N) is 1. The van der Waals surface area contributed by atoms with Gasteiger partial charge >= 0.3 is 0 Å². The lowest BCUT2D eigenvalue weighted by molar-refractivity contribution is -0.315. The minimum Gasteiger partial charge on any atom is -0.549 e. The number of likely N-dealkylation sites (tertiary alicyclic amines) is 1. The smallest absolute Gasteiger partial charge is 0.226 e. The van der Waals surface area contributed by atoms with E-state index < -0.39 is 11.4 Å². The van der Waals surface area contributed by atoms with Gasteiger partial charge < -0.3 is 14.8 Å². The number of carbonyl (C=O) groups excluding carboxylic acids is 2. The molecular formula is C20H20NO3-. The normalized spacial score (nSPS) is 16.6. The first kappa shape index (κ1) is 16.2. The van der Waals surface area contributed by atoms with E-state index >= 15 is 0 Å². The van der Waals surface area contributed by atoms with E-state index in [1.54, 1.807) is 4.90 Å². The Labute approximate surface area is 141 Å². The molecule has 1 fully saturated rings. The summed E-state index contributed by atoms with van der Waals surface area (Å²) in [5, 5.41) is 11.8. The predicted octanol–water partition coefficient (Wildman–Crippen LogP) is 1.54. The number of carboxylic acid groups (broad SMARTS) is 1. The molecule has 0 saturated carbocycles. The van der Waals surface area contributed by atoms with Gasteiger partial charge in [-0.3, -0.25) is 4.79 Å². The summed E-state index contributed by atoms with van der Waals surface area (Å²) in [6.45, 7) is 0.878. The molecule has 1 aliphatic rings. The van der Waals surface area contributed by atoms with E-state index in [1.165, 1.54) is 0 Å². The molecule has 3 rings (SSSR count). The van der Waals surface area contributed by atoms with E-state index in [0.717, 1.165) is 11.1 Å². The van der Waals surface area contributed by atoms with Gasteiger partial charge in [0.2, 0.25) is 5.91 Å². The number of carbonyl (C=O) groups is 2. The van der Waals surface area contributed by atoms with Crippen LogP contribution in [0.15, 0.2) is 60.7 Å². The highest BCUT2D eigenvalue weighted by Gasteiger charge is 2.38. The Hall–Kier alpha value is -2.62. The van der Waals surface area contributed by atoms with E-state index in [1.807, 2.05) is 60.7 Å². The predicted molar refractivity (Wildman–Crippen MR) is 89.1 cm³/mol. The first-order valence-electron chi connectivity index (χ1n) is 8.20. The fourth-order valence-electron chi connectivity index (χ4n) is 3.39. The molecule has 0 bridgehead atoms. The molecule has 0 aliphatic carbocycles. The molecule has 1 saturated heterocycles. The number of amides is 1. The highest BCUT2D eigenvalue weighted by molar-refractivity contribution is 5.82. The molecule has 1 aliphatic heterocycles. The van der Waals surface area contributed by atoms with Crippen molar-refractivity contribution in [3.05, 3.63) is 71.8 Å². The number of rotatable bonds is 4. The van der Waals surface area contributed by atoms with Crippen molar-refractivity contribution in [3.8, 4) is 0 Å². The van der Waals surface area contributed by atoms with Crippen LogP contribution in [0.1, 0.15) is 24.0 Å². The summed E-state index contributed by atoms with van der Waals surface area (Å²) in [6, 6.07) is 18.8. The van der Waals surface area contributed by atoms with Gasteiger partial charge in [0.25, 0.3) is 0 Å². The number of hydrogen-bond donors (Lipinski definition) is 0. The van der Waals surface area contributed by atoms with Crippen molar-refractivity contribution in [1.82, 2.24) is 4.90 Å². The quantitative estimate of drug-likeness (QED) is 0.858. The third kappa shape index (κ3) is 3.18. The van der Waals surface area contributed by atoms with Crippen molar-refractivity contribution in [2.24, 2.45) is 0 Å². The van der Waals surface area contributed by atoms with Gasteiger partial charge in [0, 0.05) is 18.5 Å². The van der Waals surface area contributed by atoms with Crippen molar-refractivity contribution in [1.29, 1.82) is 0 Å². The number of piperidine rings is 1. The maximum Gasteiger partial charge on any atom is 0.226 e. The summed E-state index contributed by atoms with van der Waals surface area (Å²) in [6.07, 6.45) is 1.13. The van der Waals surface area contributed by atoms with Crippen LogP contribution in [0.4, 0.5) is 0 Å². The molecule has 1 heterocycles. The van der Waals surface area contributed by atoms with Crippen molar-refractivity contribution in [2.45, 2.75) is 24.7 Å². The fourth-order valence-corrected chi connectivity index (χ4v) is 3.39. The Balaban J connectivity index is 1.70. The average Bonchev–Trinajstić information content (AvgIpc) is 2.63. The molecule has 124 valence electrons. The van der Waals surface area contributed by atoms with E-state index in [-0.39, 0.29) is 5.91 Å². The zero-order valence-electron chi connectivity index (χ0n) is 13.5.